The second kappa shape index (κ2) is 9.37. The Labute approximate surface area is 122 Å². The molecule has 20 heavy (non-hydrogen) atoms. The van der Waals surface area contributed by atoms with Crippen molar-refractivity contribution in [3.05, 3.63) is 30.3 Å². The molecule has 0 radical (unpaired) electrons. The number of carbonyl (C=O) groups is 1. The fourth-order valence-corrected chi connectivity index (χ4v) is 2.11. The van der Waals surface area contributed by atoms with Crippen LogP contribution in [0.5, 0.6) is 0 Å². The number of nitrogens with two attached hydrogens (primary N) is 1. The van der Waals surface area contributed by atoms with Crippen LogP contribution >= 0.6 is 0 Å². The molecule has 0 saturated carbocycles. The average Bonchev–Trinajstić information content (AvgIpc) is 2.48. The van der Waals surface area contributed by atoms with Gasteiger partial charge in [-0.05, 0) is 38.4 Å². The highest BCUT2D eigenvalue weighted by molar-refractivity contribution is 5.84. The summed E-state index contributed by atoms with van der Waals surface area (Å²) in [5.41, 5.74) is 6.67. The number of hydrogen-bond acceptors (Lipinski definition) is 3. The van der Waals surface area contributed by atoms with Crippen molar-refractivity contribution in [2.75, 3.05) is 24.5 Å². The smallest absolute Gasteiger partial charge is 0.242 e. The number of anilines is 1. The van der Waals surface area contributed by atoms with Gasteiger partial charge >= 0.3 is 0 Å². The van der Waals surface area contributed by atoms with Crippen LogP contribution < -0.4 is 16.0 Å². The van der Waals surface area contributed by atoms with Crippen LogP contribution in [0.25, 0.3) is 0 Å². The lowest BCUT2D eigenvalue weighted by Gasteiger charge is -2.30. The lowest BCUT2D eigenvalue weighted by Crippen LogP contribution is -2.46. The Bertz CT molecular complexity index is 381. The maximum absolute atomic E-state index is 12.2. The molecule has 1 unspecified atom stereocenters. The summed E-state index contributed by atoms with van der Waals surface area (Å²) in [5.74, 6) is 0.0827. The van der Waals surface area contributed by atoms with Gasteiger partial charge in [-0.15, -0.1) is 0 Å². The summed E-state index contributed by atoms with van der Waals surface area (Å²) < 4.78 is 0. The van der Waals surface area contributed by atoms with Gasteiger partial charge in [0.1, 0.15) is 6.04 Å². The molecule has 1 rings (SSSR count). The van der Waals surface area contributed by atoms with E-state index in [9.17, 15) is 4.79 Å². The summed E-state index contributed by atoms with van der Waals surface area (Å²) in [5, 5.41) is 3.00. The van der Waals surface area contributed by atoms with Crippen molar-refractivity contribution < 1.29 is 4.79 Å². The number of hydrogen-bond donors (Lipinski definition) is 2. The van der Waals surface area contributed by atoms with E-state index in [1.54, 1.807) is 0 Å². The summed E-state index contributed by atoms with van der Waals surface area (Å²) in [6.07, 6.45) is 2.98. The monoisotopic (exact) mass is 277 g/mol. The van der Waals surface area contributed by atoms with Gasteiger partial charge in [0.15, 0.2) is 0 Å². The van der Waals surface area contributed by atoms with E-state index in [4.69, 9.17) is 5.73 Å². The number of benzene rings is 1. The number of nitrogens with one attached hydrogen (secondary N) is 1. The Morgan fingerprint density at radius 2 is 2.00 bits per heavy atom. The molecule has 0 fully saturated rings. The van der Waals surface area contributed by atoms with Gasteiger partial charge in [-0.1, -0.05) is 31.5 Å². The molecule has 0 aromatic heterocycles. The Balaban J connectivity index is 2.69. The van der Waals surface area contributed by atoms with Crippen LogP contribution in [0.2, 0.25) is 0 Å². The molecule has 1 atom stereocenters. The molecular formula is C16H27N3O. The molecule has 0 saturated heterocycles. The van der Waals surface area contributed by atoms with Crippen LogP contribution in [-0.4, -0.2) is 31.6 Å². The zero-order valence-electron chi connectivity index (χ0n) is 12.6. The highest BCUT2D eigenvalue weighted by Crippen LogP contribution is 2.17. The first-order chi connectivity index (χ1) is 9.70. The van der Waals surface area contributed by atoms with E-state index in [1.165, 1.54) is 0 Å². The second-order valence-corrected chi connectivity index (χ2v) is 4.99. The number of para-hydroxylation sites is 1. The lowest BCUT2D eigenvalue weighted by molar-refractivity contribution is -0.122. The zero-order chi connectivity index (χ0) is 14.8. The Kier molecular flexibility index (Phi) is 7.73. The van der Waals surface area contributed by atoms with Crippen LogP contribution in [0, 0.1) is 0 Å². The summed E-state index contributed by atoms with van der Waals surface area (Å²) >= 11 is 0. The fraction of sp³-hybridized carbons (Fsp3) is 0.562. The number of carbonyl (C=O) groups excluding carboxylic acids is 1. The Morgan fingerprint density at radius 3 is 2.60 bits per heavy atom. The first-order valence-corrected chi connectivity index (χ1v) is 7.50. The minimum Gasteiger partial charge on any atom is -0.360 e. The average molecular weight is 277 g/mol. The number of nitrogens with zero attached hydrogens (tertiary/aromatic N) is 1. The summed E-state index contributed by atoms with van der Waals surface area (Å²) in [7, 11) is 0. The van der Waals surface area contributed by atoms with Crippen molar-refractivity contribution in [3.8, 4) is 0 Å². The third-order valence-corrected chi connectivity index (χ3v) is 3.37. The van der Waals surface area contributed by atoms with Gasteiger partial charge in [0, 0.05) is 18.8 Å². The van der Waals surface area contributed by atoms with Gasteiger partial charge in [-0.25, -0.2) is 0 Å². The van der Waals surface area contributed by atoms with Gasteiger partial charge in [-0.3, -0.25) is 4.79 Å². The van der Waals surface area contributed by atoms with Gasteiger partial charge in [0.2, 0.25) is 5.91 Å². The Hall–Kier alpha value is -1.55. The largest absolute Gasteiger partial charge is 0.360 e. The van der Waals surface area contributed by atoms with Crippen molar-refractivity contribution in [1.29, 1.82) is 0 Å². The molecule has 1 aromatic carbocycles. The van der Waals surface area contributed by atoms with Crippen LogP contribution in [0.4, 0.5) is 5.69 Å². The van der Waals surface area contributed by atoms with E-state index in [1.807, 2.05) is 37.3 Å². The Morgan fingerprint density at radius 1 is 1.30 bits per heavy atom. The van der Waals surface area contributed by atoms with E-state index >= 15 is 0 Å². The summed E-state index contributed by atoms with van der Waals surface area (Å²) in [6, 6.07) is 9.86. The SMILES string of the molecule is CCCCNC(=O)C(C)N(CCCN)c1ccccc1. The summed E-state index contributed by atoms with van der Waals surface area (Å²) in [4.78, 5) is 14.3. The van der Waals surface area contributed by atoms with Crippen LogP contribution in [0.3, 0.4) is 0 Å². The molecule has 4 heteroatoms. The number of amides is 1. The molecule has 0 heterocycles. The quantitative estimate of drug-likeness (QED) is 0.680. The minimum atomic E-state index is -0.180. The molecule has 0 bridgehead atoms. The highest BCUT2D eigenvalue weighted by atomic mass is 16.2. The molecule has 0 aliphatic rings. The predicted octanol–water partition coefficient (Wildman–Crippen LogP) is 2.15. The van der Waals surface area contributed by atoms with Crippen molar-refractivity contribution in [2.45, 2.75) is 39.2 Å². The second-order valence-electron chi connectivity index (χ2n) is 4.99. The summed E-state index contributed by atoms with van der Waals surface area (Å²) in [6.45, 7) is 6.24. The number of unbranched alkanes of at least 4 members (excludes halogenated alkanes) is 1. The first kappa shape index (κ1) is 16.5. The third kappa shape index (κ3) is 5.21. The normalized spacial score (nSPS) is 11.9. The van der Waals surface area contributed by atoms with Gasteiger partial charge < -0.3 is 16.0 Å². The highest BCUT2D eigenvalue weighted by Gasteiger charge is 2.20. The molecule has 0 aliphatic heterocycles. The first-order valence-electron chi connectivity index (χ1n) is 7.50. The maximum Gasteiger partial charge on any atom is 0.242 e. The van der Waals surface area contributed by atoms with Gasteiger partial charge in [0.05, 0.1) is 0 Å². The fourth-order valence-electron chi connectivity index (χ4n) is 2.11. The van der Waals surface area contributed by atoms with Crippen molar-refractivity contribution in [3.63, 3.8) is 0 Å². The molecule has 0 aliphatic carbocycles. The molecule has 4 nitrogen and oxygen atoms in total. The van der Waals surface area contributed by atoms with Crippen LogP contribution in [-0.2, 0) is 4.79 Å². The van der Waals surface area contributed by atoms with E-state index < -0.39 is 0 Å². The molecule has 1 aromatic rings. The van der Waals surface area contributed by atoms with Crippen molar-refractivity contribution in [2.24, 2.45) is 5.73 Å². The van der Waals surface area contributed by atoms with E-state index in [0.717, 1.165) is 38.0 Å². The molecule has 3 N–H and O–H groups in total. The van der Waals surface area contributed by atoms with Crippen molar-refractivity contribution in [1.82, 2.24) is 5.32 Å². The van der Waals surface area contributed by atoms with E-state index in [-0.39, 0.29) is 11.9 Å². The molecule has 112 valence electrons. The maximum atomic E-state index is 12.2. The molecule has 1 amide bonds. The molecular weight excluding hydrogens is 250 g/mol. The number of rotatable bonds is 9. The van der Waals surface area contributed by atoms with Crippen LogP contribution in [0.1, 0.15) is 33.1 Å². The zero-order valence-corrected chi connectivity index (χ0v) is 12.6. The lowest BCUT2D eigenvalue weighted by atomic mass is 10.2. The predicted molar refractivity (Wildman–Crippen MR) is 84.8 cm³/mol. The van der Waals surface area contributed by atoms with Gasteiger partial charge in [0.25, 0.3) is 0 Å². The third-order valence-electron chi connectivity index (χ3n) is 3.37. The molecule has 0 spiro atoms. The van der Waals surface area contributed by atoms with Crippen molar-refractivity contribution >= 4 is 11.6 Å². The standard InChI is InChI=1S/C16H27N3O/c1-3-4-12-18-16(20)14(2)19(13-8-11-17)15-9-6-5-7-10-15/h5-7,9-10,14H,3-4,8,11-13,17H2,1-2H3,(H,18,20). The van der Waals surface area contributed by atoms with Gasteiger partial charge in [-0.2, -0.15) is 0 Å². The topological polar surface area (TPSA) is 58.4 Å². The minimum absolute atomic E-state index is 0.0827. The van der Waals surface area contributed by atoms with E-state index in [0.29, 0.717) is 6.54 Å². The van der Waals surface area contributed by atoms with E-state index in [2.05, 4.69) is 17.1 Å². The van der Waals surface area contributed by atoms with Crippen LogP contribution in [0.15, 0.2) is 30.3 Å².